The molecule has 0 bridgehead atoms. The molecule has 0 saturated carbocycles. The molecule has 8 heteroatoms. The number of carbonyl (C=O) groups excluding carboxylic acids is 1. The first kappa shape index (κ1) is 21.4. The fraction of sp³-hybridized carbons (Fsp3) is 0.588. The maximum absolute atomic E-state index is 11.6. The largest absolute Gasteiger partial charge is 0.444 e. The van der Waals surface area contributed by atoms with Crippen molar-refractivity contribution in [3.63, 3.8) is 0 Å². The van der Waals surface area contributed by atoms with Gasteiger partial charge in [0, 0.05) is 26.2 Å². The van der Waals surface area contributed by atoms with Crippen molar-refractivity contribution >= 4 is 16.2 Å². The number of benzene rings is 1. The van der Waals surface area contributed by atoms with E-state index in [2.05, 4.69) is 5.32 Å². The van der Waals surface area contributed by atoms with Gasteiger partial charge in [0.25, 0.3) is 10.1 Å². The monoisotopic (exact) mass is 372 g/mol. The zero-order chi connectivity index (χ0) is 18.9. The van der Waals surface area contributed by atoms with Crippen LogP contribution in [0.4, 0.5) is 4.79 Å². The molecule has 0 unspecified atom stereocenters. The molecule has 7 nitrogen and oxygen atoms in total. The zero-order valence-corrected chi connectivity index (χ0v) is 15.9. The number of rotatable bonds is 9. The van der Waals surface area contributed by atoms with Crippen LogP contribution in [-0.2, 0) is 21.4 Å². The van der Waals surface area contributed by atoms with Crippen LogP contribution in [0.1, 0.15) is 32.8 Å². The van der Waals surface area contributed by atoms with E-state index in [1.807, 2.05) is 35.2 Å². The van der Waals surface area contributed by atoms with Gasteiger partial charge in [0.15, 0.2) is 0 Å². The molecule has 0 heterocycles. The summed E-state index contributed by atoms with van der Waals surface area (Å²) in [6.45, 7) is 7.19. The molecule has 142 valence electrons. The quantitative estimate of drug-likeness (QED) is 0.510. The number of nitrogens with one attached hydrogen (secondary N) is 1. The third-order valence-corrected chi connectivity index (χ3v) is 3.93. The summed E-state index contributed by atoms with van der Waals surface area (Å²) >= 11 is 0. The van der Waals surface area contributed by atoms with Crippen molar-refractivity contribution < 1.29 is 22.5 Å². The normalized spacial score (nSPS) is 12.2. The van der Waals surface area contributed by atoms with Crippen molar-refractivity contribution in [2.75, 3.05) is 25.4 Å². The van der Waals surface area contributed by atoms with Crippen LogP contribution in [0, 0.1) is 0 Å². The Bertz CT molecular complexity index is 626. The molecule has 0 fully saturated rings. The molecule has 0 aliphatic heterocycles. The molecule has 0 aliphatic rings. The Balaban J connectivity index is 2.46. The number of hydrogen-bond acceptors (Lipinski definition) is 5. The standard InChI is InChI=1S/C17H28N2O5S/c1-17(2,3)24-16(20)18-10-7-11-19(12-13-25(21,22)23)14-15-8-5-4-6-9-15/h4-6,8-9H,7,10-14H2,1-3H3,(H,18,20)(H,21,22,23). The van der Waals surface area contributed by atoms with E-state index in [1.165, 1.54) is 0 Å². The lowest BCUT2D eigenvalue weighted by molar-refractivity contribution is 0.0525. The first-order valence-electron chi connectivity index (χ1n) is 8.23. The molecule has 0 aromatic heterocycles. The van der Waals surface area contributed by atoms with Crippen LogP contribution in [0.2, 0.25) is 0 Å². The highest BCUT2D eigenvalue weighted by atomic mass is 32.2. The predicted molar refractivity (Wildman–Crippen MR) is 97.0 cm³/mol. The van der Waals surface area contributed by atoms with E-state index in [9.17, 15) is 13.2 Å². The summed E-state index contributed by atoms with van der Waals surface area (Å²) in [6.07, 6.45) is 0.164. The topological polar surface area (TPSA) is 95.9 Å². The fourth-order valence-corrected chi connectivity index (χ4v) is 2.65. The molecule has 1 aromatic carbocycles. The maximum atomic E-state index is 11.6. The van der Waals surface area contributed by atoms with E-state index in [4.69, 9.17) is 9.29 Å². The molecule has 1 amide bonds. The van der Waals surface area contributed by atoms with Crippen molar-refractivity contribution in [3.8, 4) is 0 Å². The van der Waals surface area contributed by atoms with Crippen LogP contribution in [0.15, 0.2) is 30.3 Å². The number of ether oxygens (including phenoxy) is 1. The first-order valence-corrected chi connectivity index (χ1v) is 9.84. The van der Waals surface area contributed by atoms with Crippen molar-refractivity contribution in [3.05, 3.63) is 35.9 Å². The van der Waals surface area contributed by atoms with E-state index in [1.54, 1.807) is 20.8 Å². The van der Waals surface area contributed by atoms with E-state index >= 15 is 0 Å². The summed E-state index contributed by atoms with van der Waals surface area (Å²) in [5.74, 6) is -0.320. The molecule has 0 atom stereocenters. The second-order valence-electron chi connectivity index (χ2n) is 6.83. The van der Waals surface area contributed by atoms with Crippen molar-refractivity contribution in [2.24, 2.45) is 0 Å². The lowest BCUT2D eigenvalue weighted by Gasteiger charge is -2.22. The third-order valence-electron chi connectivity index (χ3n) is 3.23. The summed E-state index contributed by atoms with van der Waals surface area (Å²) in [4.78, 5) is 13.5. The number of hydrogen-bond donors (Lipinski definition) is 2. The van der Waals surface area contributed by atoms with Crippen LogP contribution in [0.25, 0.3) is 0 Å². The second-order valence-corrected chi connectivity index (χ2v) is 8.40. The highest BCUT2D eigenvalue weighted by Gasteiger charge is 2.16. The number of alkyl carbamates (subject to hydrolysis) is 1. The molecule has 1 rings (SSSR count). The van der Waals surface area contributed by atoms with E-state index in [0.29, 0.717) is 26.1 Å². The lowest BCUT2D eigenvalue weighted by Crippen LogP contribution is -2.35. The van der Waals surface area contributed by atoms with Crippen LogP contribution in [0.5, 0.6) is 0 Å². The Labute approximate surface area is 150 Å². The number of amides is 1. The van der Waals surface area contributed by atoms with Gasteiger partial charge in [-0.3, -0.25) is 9.45 Å². The summed E-state index contributed by atoms with van der Waals surface area (Å²) in [7, 11) is -4.01. The van der Waals surface area contributed by atoms with E-state index < -0.39 is 21.8 Å². The Morgan fingerprint density at radius 2 is 1.84 bits per heavy atom. The van der Waals surface area contributed by atoms with Gasteiger partial charge in [-0.05, 0) is 32.8 Å². The highest BCUT2D eigenvalue weighted by Crippen LogP contribution is 2.07. The Hall–Kier alpha value is -1.64. The van der Waals surface area contributed by atoms with Gasteiger partial charge >= 0.3 is 6.09 Å². The number of nitrogens with zero attached hydrogens (tertiary/aromatic N) is 1. The second kappa shape index (κ2) is 9.74. The molecule has 0 radical (unpaired) electrons. The van der Waals surface area contributed by atoms with Crippen LogP contribution in [0.3, 0.4) is 0 Å². The fourth-order valence-electron chi connectivity index (χ4n) is 2.16. The van der Waals surface area contributed by atoms with Gasteiger partial charge < -0.3 is 10.1 Å². The minimum absolute atomic E-state index is 0.222. The Morgan fingerprint density at radius 1 is 1.20 bits per heavy atom. The zero-order valence-electron chi connectivity index (χ0n) is 15.1. The Kier molecular flexibility index (Phi) is 8.34. The van der Waals surface area contributed by atoms with Gasteiger partial charge in [0.2, 0.25) is 0 Å². The van der Waals surface area contributed by atoms with Crippen molar-refractivity contribution in [2.45, 2.75) is 39.3 Å². The molecule has 1 aromatic rings. The minimum atomic E-state index is -4.01. The smallest absolute Gasteiger partial charge is 0.407 e. The Morgan fingerprint density at radius 3 is 2.40 bits per heavy atom. The third kappa shape index (κ3) is 11.5. The summed E-state index contributed by atoms with van der Waals surface area (Å²) < 4.78 is 36.1. The summed E-state index contributed by atoms with van der Waals surface area (Å²) in [5, 5.41) is 2.68. The van der Waals surface area contributed by atoms with Crippen LogP contribution in [-0.4, -0.2) is 55.0 Å². The van der Waals surface area contributed by atoms with Gasteiger partial charge in [-0.1, -0.05) is 30.3 Å². The molecular weight excluding hydrogens is 344 g/mol. The van der Waals surface area contributed by atoms with E-state index in [-0.39, 0.29) is 12.3 Å². The molecule has 25 heavy (non-hydrogen) atoms. The summed E-state index contributed by atoms with van der Waals surface area (Å²) in [5.41, 5.74) is 0.511. The van der Waals surface area contributed by atoms with Gasteiger partial charge in [-0.2, -0.15) is 8.42 Å². The number of carbonyl (C=O) groups is 1. The SMILES string of the molecule is CC(C)(C)OC(=O)NCCCN(CCS(=O)(=O)O)Cc1ccccc1. The van der Waals surface area contributed by atoms with Crippen molar-refractivity contribution in [1.82, 2.24) is 10.2 Å². The summed E-state index contributed by atoms with van der Waals surface area (Å²) in [6, 6.07) is 9.66. The van der Waals surface area contributed by atoms with Crippen molar-refractivity contribution in [1.29, 1.82) is 0 Å². The van der Waals surface area contributed by atoms with Crippen LogP contribution < -0.4 is 5.32 Å². The van der Waals surface area contributed by atoms with Crippen LogP contribution >= 0.6 is 0 Å². The molecular formula is C17H28N2O5S. The average molecular weight is 372 g/mol. The van der Waals surface area contributed by atoms with Gasteiger partial charge in [-0.15, -0.1) is 0 Å². The average Bonchev–Trinajstić information content (AvgIpc) is 2.47. The molecule has 0 aliphatic carbocycles. The lowest BCUT2D eigenvalue weighted by atomic mass is 10.2. The van der Waals surface area contributed by atoms with Gasteiger partial charge in [0.1, 0.15) is 5.60 Å². The molecule has 0 spiro atoms. The molecule has 0 saturated heterocycles. The van der Waals surface area contributed by atoms with E-state index in [0.717, 1.165) is 5.56 Å². The maximum Gasteiger partial charge on any atom is 0.407 e. The first-order chi connectivity index (χ1) is 11.6. The predicted octanol–water partition coefficient (Wildman–Crippen LogP) is 2.29. The van der Waals surface area contributed by atoms with Gasteiger partial charge in [0.05, 0.1) is 5.75 Å². The highest BCUT2D eigenvalue weighted by molar-refractivity contribution is 7.85. The minimum Gasteiger partial charge on any atom is -0.444 e. The van der Waals surface area contributed by atoms with Gasteiger partial charge in [-0.25, -0.2) is 4.79 Å². The molecule has 2 N–H and O–H groups in total.